The molecule has 0 aliphatic rings. The average Bonchev–Trinajstić information content (AvgIpc) is 2.64. The molecule has 10 heteroatoms. The number of hydrogen-bond acceptors (Lipinski definition) is 4. The lowest BCUT2D eigenvalue weighted by molar-refractivity contribution is -0.139. The van der Waals surface area contributed by atoms with Gasteiger partial charge < -0.3 is 20.5 Å². The Hall–Kier alpha value is -3.30. The van der Waals surface area contributed by atoms with E-state index in [4.69, 9.17) is 9.84 Å². The number of carboxylic acid groups (broad SMARTS) is 1. The first-order valence-electron chi connectivity index (χ1n) is 8.28. The van der Waals surface area contributed by atoms with Crippen LogP contribution in [0.15, 0.2) is 42.6 Å². The summed E-state index contributed by atoms with van der Waals surface area (Å²) >= 11 is 0. The molecule has 0 bridgehead atoms. The molecule has 0 saturated heterocycles. The smallest absolute Gasteiger partial charge is 0.419 e. The van der Waals surface area contributed by atoms with E-state index in [1.807, 2.05) is 0 Å². The topological polar surface area (TPSA) is 101 Å². The number of benzene rings is 1. The van der Waals surface area contributed by atoms with Gasteiger partial charge in [-0.05, 0) is 24.1 Å². The van der Waals surface area contributed by atoms with Crippen LogP contribution in [0.3, 0.4) is 0 Å². The van der Waals surface area contributed by atoms with Crippen LogP contribution in [-0.2, 0) is 17.5 Å². The average molecular weight is 397 g/mol. The minimum absolute atomic E-state index is 0.0152. The second-order valence-corrected chi connectivity index (χ2v) is 5.71. The van der Waals surface area contributed by atoms with Gasteiger partial charge in [0.2, 0.25) is 5.88 Å². The standard InChI is InChI=1S/C18H18F3N3O4/c19-18(20,21)13-4-1-2-5-14(13)28-15-8-7-12(10-23-15)11-24-17(27)22-9-3-6-16(25)26/h1-2,4-5,7-8,10H,3,6,9,11H2,(H,25,26)(H2,22,24,27). The van der Waals surface area contributed by atoms with Crippen LogP contribution in [0.1, 0.15) is 24.0 Å². The summed E-state index contributed by atoms with van der Waals surface area (Å²) in [6.45, 7) is 0.360. The molecular formula is C18H18F3N3O4. The maximum Gasteiger partial charge on any atom is 0.419 e. The molecule has 0 fully saturated rings. The number of carboxylic acids is 1. The molecule has 0 saturated carbocycles. The highest BCUT2D eigenvalue weighted by Gasteiger charge is 2.34. The summed E-state index contributed by atoms with van der Waals surface area (Å²) in [6.07, 6.45) is -2.90. The predicted molar refractivity (Wildman–Crippen MR) is 92.9 cm³/mol. The number of ether oxygens (including phenoxy) is 1. The molecule has 0 aliphatic carbocycles. The van der Waals surface area contributed by atoms with Gasteiger partial charge >= 0.3 is 18.2 Å². The Bertz CT molecular complexity index is 810. The second-order valence-electron chi connectivity index (χ2n) is 5.71. The molecule has 2 amide bonds. The summed E-state index contributed by atoms with van der Waals surface area (Å²) in [5, 5.41) is 13.6. The Morgan fingerprint density at radius 3 is 2.50 bits per heavy atom. The number of alkyl halides is 3. The van der Waals surface area contributed by atoms with Crippen LogP contribution in [0.4, 0.5) is 18.0 Å². The summed E-state index contributed by atoms with van der Waals surface area (Å²) in [5.74, 6) is -1.30. The lowest BCUT2D eigenvalue weighted by atomic mass is 10.2. The molecule has 3 N–H and O–H groups in total. The van der Waals surface area contributed by atoms with Gasteiger partial charge in [0.25, 0.3) is 0 Å². The van der Waals surface area contributed by atoms with Crippen LogP contribution in [0.5, 0.6) is 11.6 Å². The fourth-order valence-corrected chi connectivity index (χ4v) is 2.16. The van der Waals surface area contributed by atoms with Gasteiger partial charge in [-0.25, -0.2) is 9.78 Å². The molecule has 0 atom stereocenters. The highest BCUT2D eigenvalue weighted by Crippen LogP contribution is 2.37. The molecule has 0 radical (unpaired) electrons. The molecule has 28 heavy (non-hydrogen) atoms. The van der Waals surface area contributed by atoms with E-state index >= 15 is 0 Å². The van der Waals surface area contributed by atoms with Crippen LogP contribution >= 0.6 is 0 Å². The molecule has 1 aromatic heterocycles. The van der Waals surface area contributed by atoms with E-state index in [1.165, 1.54) is 30.5 Å². The highest BCUT2D eigenvalue weighted by molar-refractivity contribution is 5.73. The first-order chi connectivity index (χ1) is 13.3. The number of nitrogens with one attached hydrogen (secondary N) is 2. The van der Waals surface area contributed by atoms with Crippen molar-refractivity contribution in [3.63, 3.8) is 0 Å². The third-order valence-corrected chi connectivity index (χ3v) is 3.51. The van der Waals surface area contributed by atoms with Gasteiger partial charge in [0, 0.05) is 31.8 Å². The van der Waals surface area contributed by atoms with Crippen molar-refractivity contribution in [3.05, 3.63) is 53.7 Å². The number of nitrogens with zero attached hydrogens (tertiary/aromatic N) is 1. The molecule has 1 aromatic carbocycles. The van der Waals surface area contributed by atoms with Gasteiger partial charge in [-0.15, -0.1) is 0 Å². The number of amides is 2. The zero-order valence-corrected chi connectivity index (χ0v) is 14.6. The molecule has 2 aromatic rings. The SMILES string of the molecule is O=C(O)CCCNC(=O)NCc1ccc(Oc2ccccc2C(F)(F)F)nc1. The number of aromatic nitrogens is 1. The number of para-hydroxylation sites is 1. The normalized spacial score (nSPS) is 11.0. The van der Waals surface area contributed by atoms with Gasteiger partial charge in [-0.2, -0.15) is 13.2 Å². The molecule has 0 unspecified atom stereocenters. The van der Waals surface area contributed by atoms with Crippen molar-refractivity contribution in [1.29, 1.82) is 0 Å². The summed E-state index contributed by atoms with van der Waals surface area (Å²) in [7, 11) is 0. The molecule has 1 heterocycles. The largest absolute Gasteiger partial charge is 0.481 e. The Morgan fingerprint density at radius 1 is 1.11 bits per heavy atom. The first-order valence-corrected chi connectivity index (χ1v) is 8.28. The number of urea groups is 1. The monoisotopic (exact) mass is 397 g/mol. The van der Waals surface area contributed by atoms with Crippen LogP contribution in [0.2, 0.25) is 0 Å². The van der Waals surface area contributed by atoms with Crippen LogP contribution in [0.25, 0.3) is 0 Å². The quantitative estimate of drug-likeness (QED) is 0.592. The molecule has 150 valence electrons. The van der Waals surface area contributed by atoms with Gasteiger partial charge in [0.1, 0.15) is 5.75 Å². The molecule has 2 rings (SSSR count). The number of carbonyl (C=O) groups is 2. The zero-order valence-electron chi connectivity index (χ0n) is 14.6. The van der Waals surface area contributed by atoms with E-state index < -0.39 is 23.7 Å². The Morgan fingerprint density at radius 2 is 1.86 bits per heavy atom. The number of carbonyl (C=O) groups excluding carboxylic acids is 1. The van der Waals surface area contributed by atoms with Gasteiger partial charge in [0.05, 0.1) is 5.56 Å². The summed E-state index contributed by atoms with van der Waals surface area (Å²) in [4.78, 5) is 25.9. The predicted octanol–water partition coefficient (Wildman–Crippen LogP) is 3.56. The van der Waals surface area contributed by atoms with E-state index in [2.05, 4.69) is 15.6 Å². The fourth-order valence-electron chi connectivity index (χ4n) is 2.16. The third-order valence-electron chi connectivity index (χ3n) is 3.51. The number of rotatable bonds is 8. The highest BCUT2D eigenvalue weighted by atomic mass is 19.4. The zero-order chi connectivity index (χ0) is 20.6. The van der Waals surface area contributed by atoms with Crippen molar-refractivity contribution in [2.75, 3.05) is 6.54 Å². The fraction of sp³-hybridized carbons (Fsp3) is 0.278. The number of hydrogen-bond donors (Lipinski definition) is 3. The minimum Gasteiger partial charge on any atom is -0.481 e. The molecule has 0 spiro atoms. The van der Waals surface area contributed by atoms with Crippen molar-refractivity contribution < 1.29 is 32.6 Å². The van der Waals surface area contributed by atoms with Crippen molar-refractivity contribution in [2.45, 2.75) is 25.6 Å². The lowest BCUT2D eigenvalue weighted by Crippen LogP contribution is -2.35. The maximum absolute atomic E-state index is 13.0. The minimum atomic E-state index is -4.54. The summed E-state index contributed by atoms with van der Waals surface area (Å²) in [6, 6.07) is 7.31. The lowest BCUT2D eigenvalue weighted by Gasteiger charge is -2.13. The van der Waals surface area contributed by atoms with Crippen molar-refractivity contribution >= 4 is 12.0 Å². The van der Waals surface area contributed by atoms with Gasteiger partial charge in [-0.3, -0.25) is 4.79 Å². The first kappa shape index (κ1) is 21.0. The number of aliphatic carboxylic acids is 1. The van der Waals surface area contributed by atoms with Crippen molar-refractivity contribution in [1.82, 2.24) is 15.6 Å². The van der Waals surface area contributed by atoms with Crippen LogP contribution < -0.4 is 15.4 Å². The van der Waals surface area contributed by atoms with E-state index in [-0.39, 0.29) is 31.1 Å². The summed E-state index contributed by atoms with van der Waals surface area (Å²) < 4.78 is 44.1. The number of halogens is 3. The Kier molecular flexibility index (Phi) is 7.19. The second kappa shape index (κ2) is 9.58. The third kappa shape index (κ3) is 6.78. The van der Waals surface area contributed by atoms with Crippen LogP contribution in [-0.4, -0.2) is 28.6 Å². The molecule has 7 nitrogen and oxygen atoms in total. The van der Waals surface area contributed by atoms with E-state index in [0.717, 1.165) is 6.07 Å². The molecule has 0 aliphatic heterocycles. The van der Waals surface area contributed by atoms with Crippen molar-refractivity contribution in [3.8, 4) is 11.6 Å². The Labute approximate surface area is 158 Å². The Balaban J connectivity index is 1.86. The van der Waals surface area contributed by atoms with Crippen LogP contribution in [0, 0.1) is 0 Å². The van der Waals surface area contributed by atoms with Gasteiger partial charge in [0.15, 0.2) is 0 Å². The van der Waals surface area contributed by atoms with E-state index in [0.29, 0.717) is 12.0 Å². The van der Waals surface area contributed by atoms with E-state index in [9.17, 15) is 22.8 Å². The van der Waals surface area contributed by atoms with Crippen molar-refractivity contribution in [2.24, 2.45) is 0 Å². The van der Waals surface area contributed by atoms with Gasteiger partial charge in [-0.1, -0.05) is 18.2 Å². The number of pyridine rings is 1. The van der Waals surface area contributed by atoms with E-state index in [1.54, 1.807) is 6.07 Å². The maximum atomic E-state index is 13.0. The molecular weight excluding hydrogens is 379 g/mol. The summed E-state index contributed by atoms with van der Waals surface area (Å²) in [5.41, 5.74) is -0.292.